The SMILES string of the molecule is NC(=O)C1CCCN(C(=O)Nc2ccccc2F)C1. The molecule has 3 amide bonds. The number of likely N-dealkylation sites (tertiary alicyclic amines) is 1. The summed E-state index contributed by atoms with van der Waals surface area (Å²) in [5.74, 6) is -1.21. The molecule has 1 aliphatic heterocycles. The molecule has 1 saturated heterocycles. The van der Waals surface area contributed by atoms with Gasteiger partial charge in [0.1, 0.15) is 5.82 Å². The number of carbonyl (C=O) groups excluding carboxylic acids is 2. The van der Waals surface area contributed by atoms with Gasteiger partial charge in [0.05, 0.1) is 11.6 Å². The minimum absolute atomic E-state index is 0.133. The van der Waals surface area contributed by atoms with Gasteiger partial charge in [-0.2, -0.15) is 0 Å². The van der Waals surface area contributed by atoms with Crippen molar-refractivity contribution < 1.29 is 14.0 Å². The molecule has 6 heteroatoms. The standard InChI is InChI=1S/C13H16FN3O2/c14-10-5-1-2-6-11(10)16-13(19)17-7-3-4-9(8-17)12(15)18/h1-2,5-6,9H,3-4,7-8H2,(H2,15,18)(H,16,19). The molecule has 3 N–H and O–H groups in total. The van der Waals surface area contributed by atoms with Crippen LogP contribution < -0.4 is 11.1 Å². The highest BCUT2D eigenvalue weighted by Crippen LogP contribution is 2.18. The third kappa shape index (κ3) is 3.21. The third-order valence-corrected chi connectivity index (χ3v) is 3.23. The van der Waals surface area contributed by atoms with Gasteiger partial charge in [-0.15, -0.1) is 0 Å². The minimum Gasteiger partial charge on any atom is -0.369 e. The molecule has 0 bridgehead atoms. The Balaban J connectivity index is 2.00. The molecule has 2 rings (SSSR count). The van der Waals surface area contributed by atoms with Crippen LogP contribution in [-0.4, -0.2) is 29.9 Å². The van der Waals surface area contributed by atoms with Gasteiger partial charge >= 0.3 is 6.03 Å². The number of rotatable bonds is 2. The van der Waals surface area contributed by atoms with E-state index in [1.807, 2.05) is 0 Å². The minimum atomic E-state index is -0.487. The van der Waals surface area contributed by atoms with Gasteiger partial charge in [-0.25, -0.2) is 9.18 Å². The molecule has 0 saturated carbocycles. The zero-order chi connectivity index (χ0) is 13.8. The molecule has 0 aliphatic carbocycles. The van der Waals surface area contributed by atoms with E-state index in [0.717, 1.165) is 6.42 Å². The summed E-state index contributed by atoms with van der Waals surface area (Å²) >= 11 is 0. The number of primary amides is 1. The van der Waals surface area contributed by atoms with Crippen molar-refractivity contribution in [3.05, 3.63) is 30.1 Å². The number of nitrogens with zero attached hydrogens (tertiary/aromatic N) is 1. The first kappa shape index (κ1) is 13.3. The van der Waals surface area contributed by atoms with Crippen molar-refractivity contribution >= 4 is 17.6 Å². The predicted molar refractivity (Wildman–Crippen MR) is 68.9 cm³/mol. The summed E-state index contributed by atoms with van der Waals surface area (Å²) in [6.07, 6.45) is 1.41. The number of benzene rings is 1. The summed E-state index contributed by atoms with van der Waals surface area (Å²) in [6.45, 7) is 0.833. The molecule has 1 heterocycles. The Morgan fingerprint density at radius 3 is 2.79 bits per heavy atom. The summed E-state index contributed by atoms with van der Waals surface area (Å²) < 4.78 is 13.4. The van der Waals surface area contributed by atoms with Crippen LogP contribution >= 0.6 is 0 Å². The molecule has 5 nitrogen and oxygen atoms in total. The van der Waals surface area contributed by atoms with E-state index in [0.29, 0.717) is 13.0 Å². The first-order chi connectivity index (χ1) is 9.08. The lowest BCUT2D eigenvalue weighted by Crippen LogP contribution is -2.45. The lowest BCUT2D eigenvalue weighted by Gasteiger charge is -2.31. The molecule has 1 unspecified atom stereocenters. The zero-order valence-corrected chi connectivity index (χ0v) is 10.4. The van der Waals surface area contributed by atoms with E-state index in [1.165, 1.54) is 17.0 Å². The van der Waals surface area contributed by atoms with Crippen LogP contribution in [0.4, 0.5) is 14.9 Å². The van der Waals surface area contributed by atoms with E-state index < -0.39 is 17.8 Å². The molecule has 1 aromatic rings. The maximum absolute atomic E-state index is 13.4. The first-order valence-corrected chi connectivity index (χ1v) is 6.17. The number of urea groups is 1. The van der Waals surface area contributed by atoms with E-state index in [-0.39, 0.29) is 18.2 Å². The van der Waals surface area contributed by atoms with E-state index >= 15 is 0 Å². The third-order valence-electron chi connectivity index (χ3n) is 3.23. The van der Waals surface area contributed by atoms with Crippen molar-refractivity contribution in [2.75, 3.05) is 18.4 Å². The Labute approximate surface area is 110 Å². The van der Waals surface area contributed by atoms with Crippen LogP contribution in [0.5, 0.6) is 0 Å². The highest BCUT2D eigenvalue weighted by molar-refractivity contribution is 5.90. The van der Waals surface area contributed by atoms with Gasteiger partial charge in [0, 0.05) is 13.1 Å². The summed E-state index contributed by atoms with van der Waals surface area (Å²) in [4.78, 5) is 24.6. The number of hydrogen-bond donors (Lipinski definition) is 2. The Hall–Kier alpha value is -2.11. The normalized spacial score (nSPS) is 19.0. The fourth-order valence-corrected chi connectivity index (χ4v) is 2.15. The molecule has 0 spiro atoms. The number of para-hydroxylation sites is 1. The predicted octanol–water partition coefficient (Wildman–Crippen LogP) is 1.55. The largest absolute Gasteiger partial charge is 0.369 e. The number of anilines is 1. The molecular formula is C13H16FN3O2. The summed E-state index contributed by atoms with van der Waals surface area (Å²) in [7, 11) is 0. The zero-order valence-electron chi connectivity index (χ0n) is 10.4. The Morgan fingerprint density at radius 2 is 2.11 bits per heavy atom. The molecule has 0 radical (unpaired) electrons. The van der Waals surface area contributed by atoms with Crippen molar-refractivity contribution in [3.8, 4) is 0 Å². The number of nitrogens with two attached hydrogens (primary N) is 1. The molecular weight excluding hydrogens is 249 g/mol. The van der Waals surface area contributed by atoms with Gasteiger partial charge in [0.15, 0.2) is 0 Å². The maximum Gasteiger partial charge on any atom is 0.321 e. The van der Waals surface area contributed by atoms with E-state index in [4.69, 9.17) is 5.73 Å². The van der Waals surface area contributed by atoms with Crippen molar-refractivity contribution in [3.63, 3.8) is 0 Å². The van der Waals surface area contributed by atoms with Crippen LogP contribution in [0.1, 0.15) is 12.8 Å². The Morgan fingerprint density at radius 1 is 1.37 bits per heavy atom. The Kier molecular flexibility index (Phi) is 3.99. The van der Waals surface area contributed by atoms with Crippen molar-refractivity contribution in [1.29, 1.82) is 0 Å². The fourth-order valence-electron chi connectivity index (χ4n) is 2.15. The van der Waals surface area contributed by atoms with Crippen LogP contribution in [-0.2, 0) is 4.79 Å². The quantitative estimate of drug-likeness (QED) is 0.851. The van der Waals surface area contributed by atoms with Crippen molar-refractivity contribution in [2.24, 2.45) is 11.7 Å². The average Bonchev–Trinajstić information content (AvgIpc) is 2.41. The second-order valence-electron chi connectivity index (χ2n) is 4.60. The maximum atomic E-state index is 13.4. The number of hydrogen-bond acceptors (Lipinski definition) is 2. The van der Waals surface area contributed by atoms with Gasteiger partial charge in [-0.05, 0) is 25.0 Å². The number of carbonyl (C=O) groups is 2. The van der Waals surface area contributed by atoms with Gasteiger partial charge in [-0.1, -0.05) is 12.1 Å². The van der Waals surface area contributed by atoms with Gasteiger partial charge < -0.3 is 16.0 Å². The van der Waals surface area contributed by atoms with E-state index in [9.17, 15) is 14.0 Å². The van der Waals surface area contributed by atoms with Crippen LogP contribution in [0, 0.1) is 11.7 Å². The average molecular weight is 265 g/mol. The summed E-state index contributed by atoms with van der Waals surface area (Å²) in [5.41, 5.74) is 5.38. The lowest BCUT2D eigenvalue weighted by molar-refractivity contribution is -0.123. The second-order valence-corrected chi connectivity index (χ2v) is 4.60. The summed E-state index contributed by atoms with van der Waals surface area (Å²) in [5, 5.41) is 2.50. The van der Waals surface area contributed by atoms with Gasteiger partial charge in [0.25, 0.3) is 0 Å². The molecule has 1 aromatic carbocycles. The van der Waals surface area contributed by atoms with Crippen LogP contribution in [0.3, 0.4) is 0 Å². The highest BCUT2D eigenvalue weighted by atomic mass is 19.1. The van der Waals surface area contributed by atoms with Crippen LogP contribution in [0.15, 0.2) is 24.3 Å². The molecule has 19 heavy (non-hydrogen) atoms. The van der Waals surface area contributed by atoms with Gasteiger partial charge in [-0.3, -0.25) is 4.79 Å². The number of halogens is 1. The molecule has 102 valence electrons. The van der Waals surface area contributed by atoms with E-state index in [2.05, 4.69) is 5.32 Å². The lowest BCUT2D eigenvalue weighted by atomic mass is 9.98. The highest BCUT2D eigenvalue weighted by Gasteiger charge is 2.27. The molecule has 0 aromatic heterocycles. The number of nitrogens with one attached hydrogen (secondary N) is 1. The molecule has 1 aliphatic rings. The second kappa shape index (κ2) is 5.69. The van der Waals surface area contributed by atoms with Gasteiger partial charge in [0.2, 0.25) is 5.91 Å². The van der Waals surface area contributed by atoms with E-state index in [1.54, 1.807) is 12.1 Å². The Bertz CT molecular complexity index is 493. The fraction of sp³-hybridized carbons (Fsp3) is 0.385. The van der Waals surface area contributed by atoms with Crippen molar-refractivity contribution in [2.45, 2.75) is 12.8 Å². The molecule has 1 atom stereocenters. The van der Waals surface area contributed by atoms with Crippen LogP contribution in [0.2, 0.25) is 0 Å². The number of amides is 3. The first-order valence-electron chi connectivity index (χ1n) is 6.17. The topological polar surface area (TPSA) is 75.4 Å². The summed E-state index contributed by atoms with van der Waals surface area (Å²) in [6, 6.07) is 5.55. The molecule has 1 fully saturated rings. The van der Waals surface area contributed by atoms with Crippen LogP contribution in [0.25, 0.3) is 0 Å². The number of piperidine rings is 1. The van der Waals surface area contributed by atoms with Crippen molar-refractivity contribution in [1.82, 2.24) is 4.90 Å². The smallest absolute Gasteiger partial charge is 0.321 e. The monoisotopic (exact) mass is 265 g/mol.